The van der Waals surface area contributed by atoms with Crippen molar-refractivity contribution < 1.29 is 41.0 Å². The van der Waals surface area contributed by atoms with E-state index in [1.165, 1.54) is 24.3 Å². The fourth-order valence-corrected chi connectivity index (χ4v) is 2.14. The molecule has 1 amide bonds. The number of alkyl halides is 6. The number of carboxylic acid groups (broad SMARTS) is 1. The lowest BCUT2D eigenvalue weighted by Gasteiger charge is -2.14. The summed E-state index contributed by atoms with van der Waals surface area (Å²) in [6.07, 6.45) is -10.1. The highest BCUT2D eigenvalue weighted by atomic mass is 19.4. The van der Waals surface area contributed by atoms with Crippen molar-refractivity contribution in [2.75, 3.05) is 0 Å². The SMILES string of the molecule is O=C(O)c1ccc(CNC(=O)c2cc(C(F)(F)F)cc(C(F)(F)F)c2)cc1. The maximum atomic E-state index is 12.8. The number of amides is 1. The van der Waals surface area contributed by atoms with E-state index in [2.05, 4.69) is 5.32 Å². The van der Waals surface area contributed by atoms with Crippen LogP contribution in [0.2, 0.25) is 0 Å². The molecule has 0 aromatic heterocycles. The third-order valence-corrected chi connectivity index (χ3v) is 3.50. The fraction of sp³-hybridized carbons (Fsp3) is 0.176. The second-order valence-corrected chi connectivity index (χ2v) is 5.48. The van der Waals surface area contributed by atoms with Crippen LogP contribution in [-0.2, 0) is 18.9 Å². The molecule has 10 heteroatoms. The first-order valence-corrected chi connectivity index (χ1v) is 7.28. The highest BCUT2D eigenvalue weighted by molar-refractivity contribution is 5.94. The molecule has 0 fully saturated rings. The van der Waals surface area contributed by atoms with Gasteiger partial charge in [0.2, 0.25) is 0 Å². The zero-order valence-corrected chi connectivity index (χ0v) is 13.3. The van der Waals surface area contributed by atoms with Gasteiger partial charge in [-0.25, -0.2) is 4.79 Å². The van der Waals surface area contributed by atoms with E-state index in [0.717, 1.165) is 0 Å². The fourth-order valence-electron chi connectivity index (χ4n) is 2.14. The standard InChI is InChI=1S/C17H11F6NO3/c18-16(19,20)12-5-11(6-13(7-12)17(21,22)23)14(25)24-8-9-1-3-10(4-2-9)15(26)27/h1-7H,8H2,(H,24,25)(H,26,27). The van der Waals surface area contributed by atoms with Gasteiger partial charge < -0.3 is 10.4 Å². The van der Waals surface area contributed by atoms with Gasteiger partial charge in [-0.2, -0.15) is 26.3 Å². The summed E-state index contributed by atoms with van der Waals surface area (Å²) in [5.41, 5.74) is -3.57. The number of rotatable bonds is 4. The Morgan fingerprint density at radius 1 is 0.815 bits per heavy atom. The summed E-state index contributed by atoms with van der Waals surface area (Å²) < 4.78 is 76.8. The van der Waals surface area contributed by atoms with Crippen molar-refractivity contribution in [3.63, 3.8) is 0 Å². The van der Waals surface area contributed by atoms with Gasteiger partial charge in [0.15, 0.2) is 0 Å². The number of hydrogen-bond acceptors (Lipinski definition) is 2. The third-order valence-electron chi connectivity index (χ3n) is 3.50. The van der Waals surface area contributed by atoms with E-state index in [1.807, 2.05) is 0 Å². The summed E-state index contributed by atoms with van der Waals surface area (Å²) in [6.45, 7) is -0.212. The molecule has 0 atom stereocenters. The van der Waals surface area contributed by atoms with Crippen molar-refractivity contribution in [3.8, 4) is 0 Å². The predicted octanol–water partition coefficient (Wildman–Crippen LogP) is 4.35. The molecule has 0 aliphatic carbocycles. The second kappa shape index (κ2) is 7.29. The van der Waals surface area contributed by atoms with E-state index in [-0.39, 0.29) is 18.2 Å². The van der Waals surface area contributed by atoms with E-state index in [1.54, 1.807) is 0 Å². The minimum Gasteiger partial charge on any atom is -0.478 e. The first-order chi connectivity index (χ1) is 12.4. The summed E-state index contributed by atoms with van der Waals surface area (Å²) in [6, 6.07) is 5.80. The number of nitrogens with one attached hydrogen (secondary N) is 1. The first kappa shape index (κ1) is 20.3. The monoisotopic (exact) mass is 391 g/mol. The molecule has 0 bridgehead atoms. The van der Waals surface area contributed by atoms with E-state index in [4.69, 9.17) is 5.11 Å². The molecule has 0 saturated carbocycles. The molecule has 27 heavy (non-hydrogen) atoms. The molecule has 0 unspecified atom stereocenters. The van der Waals surface area contributed by atoms with Crippen LogP contribution in [0.25, 0.3) is 0 Å². The van der Waals surface area contributed by atoms with Gasteiger partial charge in [0, 0.05) is 12.1 Å². The Morgan fingerprint density at radius 3 is 1.70 bits per heavy atom. The van der Waals surface area contributed by atoms with Gasteiger partial charge in [-0.3, -0.25) is 4.79 Å². The highest BCUT2D eigenvalue weighted by Gasteiger charge is 2.37. The smallest absolute Gasteiger partial charge is 0.416 e. The highest BCUT2D eigenvalue weighted by Crippen LogP contribution is 2.36. The van der Waals surface area contributed by atoms with E-state index >= 15 is 0 Å². The third kappa shape index (κ3) is 5.22. The Kier molecular flexibility index (Phi) is 5.48. The quantitative estimate of drug-likeness (QED) is 0.762. The number of carbonyl (C=O) groups is 2. The minimum absolute atomic E-state index is 0.0160. The molecule has 0 heterocycles. The Balaban J connectivity index is 2.23. The van der Waals surface area contributed by atoms with Crippen LogP contribution in [0.5, 0.6) is 0 Å². The maximum Gasteiger partial charge on any atom is 0.416 e. The van der Waals surface area contributed by atoms with Crippen LogP contribution in [0.3, 0.4) is 0 Å². The lowest BCUT2D eigenvalue weighted by atomic mass is 10.0. The average molecular weight is 391 g/mol. The lowest BCUT2D eigenvalue weighted by molar-refractivity contribution is -0.143. The average Bonchev–Trinajstić information content (AvgIpc) is 2.58. The van der Waals surface area contributed by atoms with Crippen LogP contribution in [0.15, 0.2) is 42.5 Å². The number of hydrogen-bond donors (Lipinski definition) is 2. The molecule has 2 aromatic carbocycles. The zero-order valence-electron chi connectivity index (χ0n) is 13.3. The van der Waals surface area contributed by atoms with Gasteiger partial charge in [0.1, 0.15) is 0 Å². The number of carbonyl (C=O) groups excluding carboxylic acids is 1. The van der Waals surface area contributed by atoms with Gasteiger partial charge in [0.25, 0.3) is 5.91 Å². The molecule has 4 nitrogen and oxygen atoms in total. The van der Waals surface area contributed by atoms with Gasteiger partial charge in [-0.1, -0.05) is 12.1 Å². The van der Waals surface area contributed by atoms with Gasteiger partial charge >= 0.3 is 18.3 Å². The number of aromatic carboxylic acids is 1. The summed E-state index contributed by atoms with van der Waals surface area (Å²) in [5.74, 6) is -2.30. The predicted molar refractivity (Wildman–Crippen MR) is 81.0 cm³/mol. The second-order valence-electron chi connectivity index (χ2n) is 5.48. The minimum atomic E-state index is -5.05. The number of benzene rings is 2. The summed E-state index contributed by atoms with van der Waals surface area (Å²) in [5, 5.41) is 11.0. The van der Waals surface area contributed by atoms with E-state index in [9.17, 15) is 35.9 Å². The van der Waals surface area contributed by atoms with Crippen molar-refractivity contribution in [3.05, 3.63) is 70.3 Å². The molecule has 144 valence electrons. The molecule has 0 aliphatic heterocycles. The Bertz CT molecular complexity index is 824. The first-order valence-electron chi connectivity index (χ1n) is 7.28. The maximum absolute atomic E-state index is 12.8. The number of carboxylic acids is 1. The summed E-state index contributed by atoms with van der Waals surface area (Å²) in [7, 11) is 0. The molecular weight excluding hydrogens is 380 g/mol. The van der Waals surface area contributed by atoms with Crippen LogP contribution in [0.1, 0.15) is 37.4 Å². The summed E-state index contributed by atoms with van der Waals surface area (Å²) in [4.78, 5) is 22.7. The lowest BCUT2D eigenvalue weighted by Crippen LogP contribution is -2.24. The zero-order chi connectivity index (χ0) is 20.4. The van der Waals surface area contributed by atoms with Crippen LogP contribution in [0, 0.1) is 0 Å². The van der Waals surface area contributed by atoms with Gasteiger partial charge in [-0.05, 0) is 35.9 Å². The summed E-state index contributed by atoms with van der Waals surface area (Å²) >= 11 is 0. The molecule has 0 aliphatic rings. The molecule has 2 aromatic rings. The normalized spacial score (nSPS) is 11.9. The van der Waals surface area contributed by atoms with Crippen molar-refractivity contribution in [1.82, 2.24) is 5.32 Å². The van der Waals surface area contributed by atoms with Gasteiger partial charge in [-0.15, -0.1) is 0 Å². The topological polar surface area (TPSA) is 66.4 Å². The van der Waals surface area contributed by atoms with E-state index in [0.29, 0.717) is 17.7 Å². The molecule has 2 rings (SSSR count). The van der Waals surface area contributed by atoms with Crippen LogP contribution in [0.4, 0.5) is 26.3 Å². The van der Waals surface area contributed by atoms with E-state index < -0.39 is 40.9 Å². The van der Waals surface area contributed by atoms with Crippen LogP contribution in [-0.4, -0.2) is 17.0 Å². The van der Waals surface area contributed by atoms with Gasteiger partial charge in [0.05, 0.1) is 16.7 Å². The number of halogens is 6. The van der Waals surface area contributed by atoms with Crippen molar-refractivity contribution in [2.24, 2.45) is 0 Å². The Labute approximate surface area is 148 Å². The molecule has 0 radical (unpaired) electrons. The largest absolute Gasteiger partial charge is 0.478 e. The molecule has 0 saturated heterocycles. The van der Waals surface area contributed by atoms with Crippen LogP contribution >= 0.6 is 0 Å². The molecule has 0 spiro atoms. The Hall–Kier alpha value is -3.04. The molecule has 2 N–H and O–H groups in total. The van der Waals surface area contributed by atoms with Crippen molar-refractivity contribution in [1.29, 1.82) is 0 Å². The van der Waals surface area contributed by atoms with Crippen molar-refractivity contribution >= 4 is 11.9 Å². The molecular formula is C17H11F6NO3. The van der Waals surface area contributed by atoms with Crippen molar-refractivity contribution in [2.45, 2.75) is 18.9 Å². The van der Waals surface area contributed by atoms with Crippen LogP contribution < -0.4 is 5.32 Å². The Morgan fingerprint density at radius 2 is 1.30 bits per heavy atom.